The van der Waals surface area contributed by atoms with Crippen LogP contribution in [0.3, 0.4) is 0 Å². The minimum Gasteiger partial charge on any atom is -0.507 e. The normalized spacial score (nSPS) is 13.1. The third-order valence-electron chi connectivity index (χ3n) is 3.77. The molecule has 1 aromatic carbocycles. The van der Waals surface area contributed by atoms with Crippen LogP contribution in [0.1, 0.15) is 66.5 Å². The van der Waals surface area contributed by atoms with E-state index in [-0.39, 0.29) is 21.3 Å². The summed E-state index contributed by atoms with van der Waals surface area (Å²) in [6.45, 7) is 16.9. The van der Waals surface area contributed by atoms with Gasteiger partial charge in [-0.25, -0.2) is 0 Å². The molecular formula is C20H32O3S2. The van der Waals surface area contributed by atoms with Crippen LogP contribution in [-0.2, 0) is 15.6 Å². The number of benzene rings is 1. The number of hydrogen-bond acceptors (Lipinski definition) is 4. The van der Waals surface area contributed by atoms with Gasteiger partial charge in [-0.1, -0.05) is 41.5 Å². The van der Waals surface area contributed by atoms with Crippen molar-refractivity contribution in [3.63, 3.8) is 0 Å². The minimum absolute atomic E-state index is 0.0958. The van der Waals surface area contributed by atoms with Crippen molar-refractivity contribution in [3.05, 3.63) is 23.3 Å². The zero-order chi connectivity index (χ0) is 19.6. The molecule has 0 aliphatic rings. The predicted molar refractivity (Wildman–Crippen MR) is 110 cm³/mol. The molecule has 0 fully saturated rings. The van der Waals surface area contributed by atoms with Crippen LogP contribution in [0, 0.1) is 0 Å². The van der Waals surface area contributed by atoms with E-state index in [4.69, 9.17) is 5.11 Å². The Morgan fingerprint density at radius 2 is 1.40 bits per heavy atom. The highest BCUT2D eigenvalue weighted by atomic mass is 32.2. The van der Waals surface area contributed by atoms with Gasteiger partial charge in [0.1, 0.15) is 5.75 Å². The maximum Gasteiger partial charge on any atom is 0.313 e. The van der Waals surface area contributed by atoms with Gasteiger partial charge in [-0.05, 0) is 36.8 Å². The molecule has 0 spiro atoms. The number of rotatable bonds is 6. The molecule has 0 atom stereocenters. The molecule has 0 amide bonds. The fraction of sp³-hybridized carbons (Fsp3) is 0.650. The van der Waals surface area contributed by atoms with Crippen molar-refractivity contribution in [2.75, 3.05) is 11.5 Å². The van der Waals surface area contributed by atoms with E-state index >= 15 is 0 Å². The minimum atomic E-state index is -0.777. The van der Waals surface area contributed by atoms with Gasteiger partial charge in [-0.3, -0.25) is 4.79 Å². The smallest absolute Gasteiger partial charge is 0.313 e. The molecule has 1 aromatic rings. The molecular weight excluding hydrogens is 352 g/mol. The Labute approximate surface area is 161 Å². The molecule has 25 heavy (non-hydrogen) atoms. The van der Waals surface area contributed by atoms with Gasteiger partial charge in [0, 0.05) is 26.5 Å². The number of phenolic OH excluding ortho intramolecular Hbond substituents is 1. The van der Waals surface area contributed by atoms with Crippen molar-refractivity contribution in [1.29, 1.82) is 0 Å². The van der Waals surface area contributed by atoms with Gasteiger partial charge < -0.3 is 10.2 Å². The first-order valence-electron chi connectivity index (χ1n) is 8.50. The van der Waals surface area contributed by atoms with E-state index in [9.17, 15) is 9.90 Å². The first-order valence-corrected chi connectivity index (χ1v) is 10.5. The van der Waals surface area contributed by atoms with Crippen LogP contribution in [0.25, 0.3) is 0 Å². The molecule has 2 N–H and O–H groups in total. The standard InChI is InChI=1S/C20H32O3S2/c1-18(2,3)14-9-13(10-15(17(14)23)19(4,5)6)25-20(7,8)12-24-11-16(21)22/h9-10,23H,11-12H2,1-8H3,(H,21,22). The molecule has 5 heteroatoms. The molecule has 142 valence electrons. The maximum absolute atomic E-state index is 10.8. The third kappa shape index (κ3) is 6.78. The molecule has 0 unspecified atom stereocenters. The number of carboxylic acids is 1. The van der Waals surface area contributed by atoms with Gasteiger partial charge in [0.25, 0.3) is 0 Å². The number of aliphatic carboxylic acids is 1. The SMILES string of the molecule is CC(C)(CSCC(=O)O)Sc1cc(C(C)(C)C)c(O)c(C(C)(C)C)c1. The van der Waals surface area contributed by atoms with Crippen LogP contribution >= 0.6 is 23.5 Å². The second kappa shape index (κ2) is 7.83. The van der Waals surface area contributed by atoms with E-state index in [0.717, 1.165) is 21.8 Å². The van der Waals surface area contributed by atoms with Crippen molar-refractivity contribution in [3.8, 4) is 5.75 Å². The predicted octanol–water partition coefficient (Wildman–Crippen LogP) is 5.68. The first-order chi connectivity index (χ1) is 11.1. The average molecular weight is 385 g/mol. The van der Waals surface area contributed by atoms with Crippen LogP contribution in [0.4, 0.5) is 0 Å². The molecule has 0 aliphatic heterocycles. The number of carbonyl (C=O) groups is 1. The van der Waals surface area contributed by atoms with E-state index in [2.05, 4.69) is 67.5 Å². The number of carboxylic acid groups (broad SMARTS) is 1. The van der Waals surface area contributed by atoms with Gasteiger partial charge in [0.15, 0.2) is 0 Å². The summed E-state index contributed by atoms with van der Waals surface area (Å²) in [6, 6.07) is 4.16. The number of aromatic hydroxyl groups is 1. The topological polar surface area (TPSA) is 57.5 Å². The molecule has 0 radical (unpaired) electrons. The molecule has 0 bridgehead atoms. The zero-order valence-corrected chi connectivity index (χ0v) is 18.3. The zero-order valence-electron chi connectivity index (χ0n) is 16.7. The largest absolute Gasteiger partial charge is 0.507 e. The van der Waals surface area contributed by atoms with Crippen molar-refractivity contribution in [2.45, 2.75) is 75.9 Å². The lowest BCUT2D eigenvalue weighted by molar-refractivity contribution is -0.133. The highest BCUT2D eigenvalue weighted by Gasteiger charge is 2.28. The summed E-state index contributed by atoms with van der Waals surface area (Å²) in [5, 5.41) is 19.6. The van der Waals surface area contributed by atoms with E-state index in [1.807, 2.05) is 0 Å². The van der Waals surface area contributed by atoms with Gasteiger partial charge in [-0.15, -0.1) is 23.5 Å². The molecule has 3 nitrogen and oxygen atoms in total. The summed E-state index contributed by atoms with van der Waals surface area (Å²) in [5.74, 6) is 0.489. The first kappa shape index (κ1) is 22.2. The molecule has 0 aromatic heterocycles. The lowest BCUT2D eigenvalue weighted by atomic mass is 9.79. The van der Waals surface area contributed by atoms with Crippen LogP contribution in [0.15, 0.2) is 17.0 Å². The van der Waals surface area contributed by atoms with Crippen molar-refractivity contribution in [1.82, 2.24) is 0 Å². The van der Waals surface area contributed by atoms with Crippen molar-refractivity contribution in [2.24, 2.45) is 0 Å². The average Bonchev–Trinajstić information content (AvgIpc) is 2.36. The van der Waals surface area contributed by atoms with E-state index in [1.54, 1.807) is 11.8 Å². The summed E-state index contributed by atoms with van der Waals surface area (Å²) < 4.78 is -0.0958. The highest BCUT2D eigenvalue weighted by molar-refractivity contribution is 8.04. The quantitative estimate of drug-likeness (QED) is 0.618. The lowest BCUT2D eigenvalue weighted by Crippen LogP contribution is -2.21. The van der Waals surface area contributed by atoms with Gasteiger partial charge >= 0.3 is 5.97 Å². The fourth-order valence-electron chi connectivity index (χ4n) is 2.54. The second-order valence-corrected chi connectivity index (χ2v) is 11.9. The van der Waals surface area contributed by atoms with Gasteiger partial charge in [0.05, 0.1) is 5.75 Å². The number of phenols is 1. The Hall–Kier alpha value is -0.810. The Morgan fingerprint density at radius 3 is 1.76 bits per heavy atom. The highest BCUT2D eigenvalue weighted by Crippen LogP contribution is 2.44. The molecule has 0 saturated heterocycles. The fourth-order valence-corrected chi connectivity index (χ4v) is 4.79. The summed E-state index contributed by atoms with van der Waals surface area (Å²) in [6.07, 6.45) is 0. The van der Waals surface area contributed by atoms with Crippen LogP contribution < -0.4 is 0 Å². The summed E-state index contributed by atoms with van der Waals surface area (Å²) in [4.78, 5) is 11.9. The van der Waals surface area contributed by atoms with Crippen LogP contribution in [0.5, 0.6) is 5.75 Å². The summed E-state index contributed by atoms with van der Waals surface area (Å²) in [5.41, 5.74) is 1.61. The summed E-state index contributed by atoms with van der Waals surface area (Å²) in [7, 11) is 0. The van der Waals surface area contributed by atoms with E-state index < -0.39 is 5.97 Å². The lowest BCUT2D eigenvalue weighted by Gasteiger charge is -2.30. The second-order valence-electron chi connectivity index (χ2n) is 9.12. The number of hydrogen-bond donors (Lipinski definition) is 2. The Kier molecular flexibility index (Phi) is 6.96. The maximum atomic E-state index is 10.8. The number of thioether (sulfide) groups is 2. The summed E-state index contributed by atoms with van der Waals surface area (Å²) >= 11 is 3.18. The van der Waals surface area contributed by atoms with Gasteiger partial charge in [-0.2, -0.15) is 0 Å². The van der Waals surface area contributed by atoms with Crippen LogP contribution in [-0.4, -0.2) is 32.4 Å². The van der Waals surface area contributed by atoms with Gasteiger partial charge in [0.2, 0.25) is 0 Å². The van der Waals surface area contributed by atoms with E-state index in [0.29, 0.717) is 5.75 Å². The molecule has 0 saturated carbocycles. The molecule has 1 rings (SSSR count). The third-order valence-corrected chi connectivity index (χ3v) is 6.50. The van der Waals surface area contributed by atoms with Crippen molar-refractivity contribution < 1.29 is 15.0 Å². The van der Waals surface area contributed by atoms with Crippen molar-refractivity contribution >= 4 is 29.5 Å². The Balaban J connectivity index is 3.21. The Bertz CT molecular complexity index is 588. The Morgan fingerprint density at radius 1 is 0.960 bits per heavy atom. The monoisotopic (exact) mass is 384 g/mol. The molecule has 0 aliphatic carbocycles. The molecule has 0 heterocycles. The van der Waals surface area contributed by atoms with Crippen LogP contribution in [0.2, 0.25) is 0 Å². The van der Waals surface area contributed by atoms with E-state index in [1.165, 1.54) is 11.8 Å².